The van der Waals surface area contributed by atoms with E-state index in [4.69, 9.17) is 4.74 Å². The summed E-state index contributed by atoms with van der Waals surface area (Å²) in [5.41, 5.74) is 1.41. The SMILES string of the molecule is CCCNC(COC(C)C)C(CC)c1ccccc1. The lowest BCUT2D eigenvalue weighted by molar-refractivity contribution is 0.0551. The summed E-state index contributed by atoms with van der Waals surface area (Å²) in [6.45, 7) is 10.5. The van der Waals surface area contributed by atoms with Crippen molar-refractivity contribution >= 4 is 0 Å². The molecule has 0 aromatic heterocycles. The molecule has 1 aromatic carbocycles. The van der Waals surface area contributed by atoms with Gasteiger partial charge in [-0.2, -0.15) is 0 Å². The highest BCUT2D eigenvalue weighted by Crippen LogP contribution is 2.23. The molecule has 0 fully saturated rings. The highest BCUT2D eigenvalue weighted by Gasteiger charge is 2.21. The molecule has 0 aliphatic heterocycles. The minimum Gasteiger partial charge on any atom is -0.377 e. The molecule has 2 nitrogen and oxygen atoms in total. The van der Waals surface area contributed by atoms with Crippen molar-refractivity contribution in [3.05, 3.63) is 35.9 Å². The third-order valence-corrected chi connectivity index (χ3v) is 3.42. The predicted molar refractivity (Wildman–Crippen MR) is 82.6 cm³/mol. The van der Waals surface area contributed by atoms with Crippen LogP contribution in [0.5, 0.6) is 0 Å². The van der Waals surface area contributed by atoms with Gasteiger partial charge in [-0.1, -0.05) is 44.2 Å². The first-order valence-corrected chi connectivity index (χ1v) is 7.58. The van der Waals surface area contributed by atoms with Gasteiger partial charge in [0.05, 0.1) is 12.7 Å². The Balaban J connectivity index is 2.74. The summed E-state index contributed by atoms with van der Waals surface area (Å²) in [5, 5.41) is 3.65. The molecule has 0 radical (unpaired) electrons. The minimum atomic E-state index is 0.291. The Bertz CT molecular complexity index is 323. The second-order valence-corrected chi connectivity index (χ2v) is 5.37. The minimum absolute atomic E-state index is 0.291. The normalized spacial score (nSPS) is 14.6. The number of benzene rings is 1. The van der Waals surface area contributed by atoms with Crippen molar-refractivity contribution in [3.8, 4) is 0 Å². The maximum absolute atomic E-state index is 5.84. The zero-order valence-electron chi connectivity index (χ0n) is 12.9. The molecule has 0 saturated carbocycles. The molecule has 2 unspecified atom stereocenters. The highest BCUT2D eigenvalue weighted by atomic mass is 16.5. The third-order valence-electron chi connectivity index (χ3n) is 3.42. The zero-order chi connectivity index (χ0) is 14.1. The fourth-order valence-corrected chi connectivity index (χ4v) is 2.40. The van der Waals surface area contributed by atoms with Crippen molar-refractivity contribution in [3.63, 3.8) is 0 Å². The van der Waals surface area contributed by atoms with Crippen LogP contribution in [-0.2, 0) is 4.74 Å². The van der Waals surface area contributed by atoms with E-state index in [0.717, 1.165) is 26.0 Å². The van der Waals surface area contributed by atoms with E-state index < -0.39 is 0 Å². The molecule has 1 N–H and O–H groups in total. The predicted octanol–water partition coefficient (Wildman–Crippen LogP) is 3.97. The maximum Gasteiger partial charge on any atom is 0.0629 e. The summed E-state index contributed by atoms with van der Waals surface area (Å²) in [6.07, 6.45) is 2.58. The van der Waals surface area contributed by atoms with Gasteiger partial charge in [0.2, 0.25) is 0 Å². The van der Waals surface area contributed by atoms with Crippen LogP contribution in [0.15, 0.2) is 30.3 Å². The van der Waals surface area contributed by atoms with Crippen LogP contribution in [0.25, 0.3) is 0 Å². The quantitative estimate of drug-likeness (QED) is 0.728. The Morgan fingerprint density at radius 3 is 2.32 bits per heavy atom. The first-order valence-electron chi connectivity index (χ1n) is 7.58. The van der Waals surface area contributed by atoms with Crippen molar-refractivity contribution in [2.75, 3.05) is 13.2 Å². The van der Waals surface area contributed by atoms with E-state index in [-0.39, 0.29) is 0 Å². The molecule has 0 amide bonds. The highest BCUT2D eigenvalue weighted by molar-refractivity contribution is 5.21. The van der Waals surface area contributed by atoms with E-state index in [1.54, 1.807) is 0 Å². The first kappa shape index (κ1) is 16.2. The van der Waals surface area contributed by atoms with Crippen LogP contribution < -0.4 is 5.32 Å². The van der Waals surface area contributed by atoms with Crippen molar-refractivity contribution in [2.45, 2.75) is 58.6 Å². The smallest absolute Gasteiger partial charge is 0.0629 e. The standard InChI is InChI=1S/C17H29NO/c1-5-12-18-17(13-19-14(3)4)16(6-2)15-10-8-7-9-11-15/h7-11,14,16-18H,5-6,12-13H2,1-4H3. The molecule has 0 spiro atoms. The van der Waals surface area contributed by atoms with Crippen LogP contribution in [0.3, 0.4) is 0 Å². The van der Waals surface area contributed by atoms with Gasteiger partial charge < -0.3 is 10.1 Å². The van der Waals surface area contributed by atoms with Gasteiger partial charge in [-0.15, -0.1) is 0 Å². The van der Waals surface area contributed by atoms with Gasteiger partial charge in [-0.05, 0) is 38.8 Å². The van der Waals surface area contributed by atoms with Gasteiger partial charge in [0, 0.05) is 12.0 Å². The Kier molecular flexibility index (Phi) is 7.76. The van der Waals surface area contributed by atoms with Gasteiger partial charge >= 0.3 is 0 Å². The maximum atomic E-state index is 5.84. The van der Waals surface area contributed by atoms with Gasteiger partial charge in [0.25, 0.3) is 0 Å². The Labute approximate surface area is 118 Å². The largest absolute Gasteiger partial charge is 0.377 e. The number of rotatable bonds is 9. The van der Waals surface area contributed by atoms with E-state index in [0.29, 0.717) is 18.1 Å². The summed E-state index contributed by atoms with van der Waals surface area (Å²) in [5.74, 6) is 0.520. The molecule has 0 aliphatic carbocycles. The lowest BCUT2D eigenvalue weighted by atomic mass is 9.89. The van der Waals surface area contributed by atoms with Crippen LogP contribution in [0.1, 0.15) is 52.0 Å². The number of hydrogen-bond donors (Lipinski definition) is 1. The summed E-state index contributed by atoms with van der Waals surface area (Å²) in [7, 11) is 0. The first-order chi connectivity index (χ1) is 9.19. The number of hydrogen-bond acceptors (Lipinski definition) is 2. The third kappa shape index (κ3) is 5.75. The fourth-order valence-electron chi connectivity index (χ4n) is 2.40. The van der Waals surface area contributed by atoms with Crippen LogP contribution in [0, 0.1) is 0 Å². The van der Waals surface area contributed by atoms with Crippen LogP contribution in [0.2, 0.25) is 0 Å². The lowest BCUT2D eigenvalue weighted by Crippen LogP contribution is -2.39. The fraction of sp³-hybridized carbons (Fsp3) is 0.647. The van der Waals surface area contributed by atoms with Crippen molar-refractivity contribution in [1.29, 1.82) is 0 Å². The van der Waals surface area contributed by atoms with Crippen LogP contribution >= 0.6 is 0 Å². The summed E-state index contributed by atoms with van der Waals surface area (Å²) < 4.78 is 5.84. The van der Waals surface area contributed by atoms with E-state index in [9.17, 15) is 0 Å². The van der Waals surface area contributed by atoms with E-state index in [1.165, 1.54) is 5.56 Å². The molecule has 0 aliphatic rings. The molecule has 0 saturated heterocycles. The van der Waals surface area contributed by atoms with Gasteiger partial charge in [-0.3, -0.25) is 0 Å². The van der Waals surface area contributed by atoms with Crippen molar-refractivity contribution < 1.29 is 4.74 Å². The van der Waals surface area contributed by atoms with Crippen molar-refractivity contribution in [1.82, 2.24) is 5.32 Å². The zero-order valence-corrected chi connectivity index (χ0v) is 12.9. The molecule has 2 atom stereocenters. The molecule has 2 heteroatoms. The Morgan fingerprint density at radius 1 is 1.11 bits per heavy atom. The van der Waals surface area contributed by atoms with E-state index in [1.807, 2.05) is 0 Å². The van der Waals surface area contributed by atoms with Gasteiger partial charge in [-0.25, -0.2) is 0 Å². The molecule has 0 heterocycles. The molecule has 108 valence electrons. The van der Waals surface area contributed by atoms with Gasteiger partial charge in [0.1, 0.15) is 0 Å². The van der Waals surface area contributed by atoms with E-state index in [2.05, 4.69) is 63.3 Å². The Hall–Kier alpha value is -0.860. The second kappa shape index (κ2) is 9.11. The Morgan fingerprint density at radius 2 is 1.79 bits per heavy atom. The summed E-state index contributed by atoms with van der Waals surface area (Å²) in [6, 6.07) is 11.2. The van der Waals surface area contributed by atoms with Crippen LogP contribution in [-0.4, -0.2) is 25.3 Å². The molecule has 1 rings (SSSR count). The molecule has 1 aromatic rings. The van der Waals surface area contributed by atoms with Crippen LogP contribution in [0.4, 0.5) is 0 Å². The lowest BCUT2D eigenvalue weighted by Gasteiger charge is -2.28. The molecular weight excluding hydrogens is 234 g/mol. The molecular formula is C17H29NO. The summed E-state index contributed by atoms with van der Waals surface area (Å²) in [4.78, 5) is 0. The average Bonchev–Trinajstić information content (AvgIpc) is 2.43. The average molecular weight is 263 g/mol. The number of nitrogens with one attached hydrogen (secondary N) is 1. The van der Waals surface area contributed by atoms with Crippen molar-refractivity contribution in [2.24, 2.45) is 0 Å². The molecule has 19 heavy (non-hydrogen) atoms. The van der Waals surface area contributed by atoms with E-state index >= 15 is 0 Å². The monoisotopic (exact) mass is 263 g/mol. The summed E-state index contributed by atoms with van der Waals surface area (Å²) >= 11 is 0. The van der Waals surface area contributed by atoms with Gasteiger partial charge in [0.15, 0.2) is 0 Å². The molecule has 0 bridgehead atoms. The topological polar surface area (TPSA) is 21.3 Å². The second-order valence-electron chi connectivity index (χ2n) is 5.37. The number of ether oxygens (including phenoxy) is 1.